The Kier molecular flexibility index (Phi) is 5.16. The maximum absolute atomic E-state index is 12.9. The van der Waals surface area contributed by atoms with Gasteiger partial charge < -0.3 is 9.64 Å². The van der Waals surface area contributed by atoms with Crippen molar-refractivity contribution in [2.24, 2.45) is 0 Å². The Labute approximate surface area is 169 Å². The van der Waals surface area contributed by atoms with Gasteiger partial charge in [-0.05, 0) is 50.5 Å². The summed E-state index contributed by atoms with van der Waals surface area (Å²) >= 11 is 0. The van der Waals surface area contributed by atoms with Gasteiger partial charge in [0.2, 0.25) is 0 Å². The second-order valence-electron chi connectivity index (χ2n) is 7.07. The first-order chi connectivity index (χ1) is 14.1. The average molecular weight is 389 g/mol. The third-order valence-electron chi connectivity index (χ3n) is 5.06. The fourth-order valence-electron chi connectivity index (χ4n) is 3.65. The minimum absolute atomic E-state index is 0.142. The summed E-state index contributed by atoms with van der Waals surface area (Å²) in [4.78, 5) is 27.7. The van der Waals surface area contributed by atoms with E-state index >= 15 is 0 Å². The summed E-state index contributed by atoms with van der Waals surface area (Å²) in [6, 6.07) is 17.0. The third kappa shape index (κ3) is 3.66. The highest BCUT2D eigenvalue weighted by Gasteiger charge is 2.26. The molecule has 0 bridgehead atoms. The van der Waals surface area contributed by atoms with Crippen molar-refractivity contribution in [3.8, 4) is 5.69 Å². The van der Waals surface area contributed by atoms with Gasteiger partial charge in [0.1, 0.15) is 0 Å². The summed E-state index contributed by atoms with van der Waals surface area (Å²) in [5, 5.41) is 4.43. The van der Waals surface area contributed by atoms with Gasteiger partial charge in [-0.25, -0.2) is 4.79 Å². The Bertz CT molecular complexity index is 1100. The first-order valence-corrected chi connectivity index (χ1v) is 9.82. The lowest BCUT2D eigenvalue weighted by Gasteiger charge is -2.32. The Morgan fingerprint density at radius 2 is 1.86 bits per heavy atom. The quantitative estimate of drug-likeness (QED) is 0.635. The number of hydrogen-bond acceptors (Lipinski definition) is 5. The Morgan fingerprint density at radius 1 is 1.10 bits per heavy atom. The van der Waals surface area contributed by atoms with E-state index in [1.807, 2.05) is 54.3 Å². The van der Waals surface area contributed by atoms with Gasteiger partial charge in [0.15, 0.2) is 5.69 Å². The van der Waals surface area contributed by atoms with E-state index in [4.69, 9.17) is 4.74 Å². The smallest absolute Gasteiger partial charge is 0.360 e. The number of aromatic nitrogens is 2. The van der Waals surface area contributed by atoms with E-state index in [9.17, 15) is 9.59 Å². The molecule has 29 heavy (non-hydrogen) atoms. The molecule has 0 fully saturated rings. The van der Waals surface area contributed by atoms with Crippen molar-refractivity contribution in [3.05, 3.63) is 81.8 Å². The van der Waals surface area contributed by atoms with Crippen molar-refractivity contribution >= 4 is 17.3 Å². The standard InChI is InChI=1S/C23H23N3O3/c1-3-29-23(28)22-20(25-14-6-8-17-7-4-5-9-19(17)25)15-21(27)26(24-22)18-12-10-16(2)11-13-18/h4-5,7,9-13,15H,3,6,8,14H2,1-2H3. The van der Waals surface area contributed by atoms with Crippen LogP contribution in [0.3, 0.4) is 0 Å². The number of ether oxygens (including phenoxy) is 1. The number of benzene rings is 2. The van der Waals surface area contributed by atoms with E-state index in [1.54, 1.807) is 6.92 Å². The number of aryl methyl sites for hydroxylation is 2. The maximum Gasteiger partial charge on any atom is 0.360 e. The Balaban J connectivity index is 1.88. The van der Waals surface area contributed by atoms with Crippen molar-refractivity contribution in [3.63, 3.8) is 0 Å². The maximum atomic E-state index is 12.9. The van der Waals surface area contributed by atoms with Crippen molar-refractivity contribution < 1.29 is 9.53 Å². The van der Waals surface area contributed by atoms with E-state index in [0.717, 1.165) is 24.1 Å². The summed E-state index contributed by atoms with van der Waals surface area (Å²) < 4.78 is 6.51. The first kappa shape index (κ1) is 18.9. The molecule has 2 aromatic carbocycles. The monoisotopic (exact) mass is 389 g/mol. The molecule has 6 heteroatoms. The first-order valence-electron chi connectivity index (χ1n) is 9.82. The zero-order valence-electron chi connectivity index (χ0n) is 16.6. The Hall–Kier alpha value is -3.41. The molecule has 6 nitrogen and oxygen atoms in total. The van der Waals surface area contributed by atoms with Crippen LogP contribution in [0.15, 0.2) is 59.4 Å². The van der Waals surface area contributed by atoms with Crippen LogP contribution in [0.2, 0.25) is 0 Å². The summed E-state index contributed by atoms with van der Waals surface area (Å²) in [6.07, 6.45) is 1.90. The molecule has 0 saturated carbocycles. The SMILES string of the molecule is CCOC(=O)c1nn(-c2ccc(C)cc2)c(=O)cc1N1CCCc2ccccc21. The molecule has 1 aliphatic rings. The molecular formula is C23H23N3O3. The number of nitrogens with zero attached hydrogens (tertiary/aromatic N) is 3. The van der Waals surface area contributed by atoms with E-state index in [1.165, 1.54) is 16.3 Å². The number of anilines is 2. The van der Waals surface area contributed by atoms with Crippen molar-refractivity contribution in [1.29, 1.82) is 0 Å². The van der Waals surface area contributed by atoms with Crippen LogP contribution < -0.4 is 10.5 Å². The molecule has 3 aromatic rings. The second kappa shape index (κ2) is 7.91. The van der Waals surface area contributed by atoms with Gasteiger partial charge in [-0.2, -0.15) is 9.78 Å². The van der Waals surface area contributed by atoms with E-state index < -0.39 is 5.97 Å². The van der Waals surface area contributed by atoms with Gasteiger partial charge in [0.05, 0.1) is 18.0 Å². The second-order valence-corrected chi connectivity index (χ2v) is 7.07. The highest BCUT2D eigenvalue weighted by Crippen LogP contribution is 2.34. The van der Waals surface area contributed by atoms with Crippen LogP contribution in [0, 0.1) is 6.92 Å². The fourth-order valence-corrected chi connectivity index (χ4v) is 3.65. The largest absolute Gasteiger partial charge is 0.461 e. The molecule has 0 saturated heterocycles. The van der Waals surface area contributed by atoms with Gasteiger partial charge in [0.25, 0.3) is 5.56 Å². The van der Waals surface area contributed by atoms with Crippen LogP contribution in [0.25, 0.3) is 5.69 Å². The predicted octanol–water partition coefficient (Wildman–Crippen LogP) is 3.80. The number of esters is 1. The van der Waals surface area contributed by atoms with Gasteiger partial charge in [-0.15, -0.1) is 0 Å². The van der Waals surface area contributed by atoms with Crippen molar-refractivity contribution in [1.82, 2.24) is 9.78 Å². The summed E-state index contributed by atoms with van der Waals surface area (Å²) in [5.74, 6) is -0.536. The molecule has 148 valence electrons. The third-order valence-corrected chi connectivity index (χ3v) is 5.06. The van der Waals surface area contributed by atoms with Crippen LogP contribution in [-0.2, 0) is 11.2 Å². The zero-order valence-corrected chi connectivity index (χ0v) is 16.6. The molecule has 0 atom stereocenters. The van der Waals surface area contributed by atoms with Crippen molar-refractivity contribution in [2.75, 3.05) is 18.1 Å². The topological polar surface area (TPSA) is 64.4 Å². The van der Waals surface area contributed by atoms with Crippen LogP contribution in [0.1, 0.15) is 35.0 Å². The number of para-hydroxylation sites is 1. The molecule has 0 unspecified atom stereocenters. The van der Waals surface area contributed by atoms with E-state index in [-0.39, 0.29) is 17.9 Å². The molecule has 1 aromatic heterocycles. The van der Waals surface area contributed by atoms with E-state index in [0.29, 0.717) is 17.9 Å². The number of rotatable bonds is 4. The van der Waals surface area contributed by atoms with Gasteiger partial charge >= 0.3 is 5.97 Å². The van der Waals surface area contributed by atoms with Crippen LogP contribution in [0.5, 0.6) is 0 Å². The number of fused-ring (bicyclic) bond motifs is 1. The van der Waals surface area contributed by atoms with E-state index in [2.05, 4.69) is 11.2 Å². The van der Waals surface area contributed by atoms with Gasteiger partial charge in [0, 0.05) is 18.3 Å². The van der Waals surface area contributed by atoms with Crippen molar-refractivity contribution in [2.45, 2.75) is 26.7 Å². The molecule has 0 amide bonds. The summed E-state index contributed by atoms with van der Waals surface area (Å²) in [7, 11) is 0. The number of carbonyl (C=O) groups excluding carboxylic acids is 1. The normalized spacial score (nSPS) is 13.1. The fraction of sp³-hybridized carbons (Fsp3) is 0.261. The van der Waals surface area contributed by atoms with Crippen LogP contribution in [-0.4, -0.2) is 28.9 Å². The summed E-state index contributed by atoms with van der Waals surface area (Å²) in [5.41, 5.74) is 4.22. The summed E-state index contributed by atoms with van der Waals surface area (Å²) in [6.45, 7) is 4.67. The minimum Gasteiger partial charge on any atom is -0.461 e. The average Bonchev–Trinajstić information content (AvgIpc) is 2.74. The Morgan fingerprint density at radius 3 is 2.62 bits per heavy atom. The lowest BCUT2D eigenvalue weighted by molar-refractivity contribution is 0.0518. The highest BCUT2D eigenvalue weighted by molar-refractivity contribution is 5.95. The molecule has 0 aliphatic carbocycles. The molecule has 0 spiro atoms. The molecule has 2 heterocycles. The molecule has 0 N–H and O–H groups in total. The van der Waals surface area contributed by atoms with Gasteiger partial charge in [-0.3, -0.25) is 4.79 Å². The number of hydrogen-bond donors (Lipinski definition) is 0. The van der Waals surface area contributed by atoms with Gasteiger partial charge in [-0.1, -0.05) is 35.9 Å². The lowest BCUT2D eigenvalue weighted by atomic mass is 10.0. The minimum atomic E-state index is -0.536. The van der Waals surface area contributed by atoms with Crippen LogP contribution in [0.4, 0.5) is 11.4 Å². The number of carbonyl (C=O) groups is 1. The molecule has 4 rings (SSSR count). The molecule has 1 aliphatic heterocycles. The predicted molar refractivity (Wildman–Crippen MR) is 112 cm³/mol. The molecule has 0 radical (unpaired) electrons. The lowest BCUT2D eigenvalue weighted by Crippen LogP contribution is -2.31. The highest BCUT2D eigenvalue weighted by atomic mass is 16.5. The molecular weight excluding hydrogens is 366 g/mol. The van der Waals surface area contributed by atoms with Crippen LogP contribution >= 0.6 is 0 Å². The zero-order chi connectivity index (χ0) is 20.4.